The van der Waals surface area contributed by atoms with Crippen molar-refractivity contribution in [2.75, 3.05) is 11.4 Å². The van der Waals surface area contributed by atoms with Crippen molar-refractivity contribution >= 4 is 11.7 Å². The molecule has 2 aliphatic heterocycles. The summed E-state index contributed by atoms with van der Waals surface area (Å²) in [7, 11) is 0. The maximum atomic E-state index is 13.0. The Labute approximate surface area is 121 Å². The van der Waals surface area contributed by atoms with Crippen LogP contribution in [0.2, 0.25) is 0 Å². The fourth-order valence-electron chi connectivity index (χ4n) is 3.67. The number of para-hydroxylation sites is 1. The normalized spacial score (nSPS) is 25.7. The number of piperidine rings is 1. The lowest BCUT2D eigenvalue weighted by Crippen LogP contribution is -2.51. The minimum atomic E-state index is 0.217. The van der Waals surface area contributed by atoms with Crippen LogP contribution in [0, 0.1) is 0 Å². The second kappa shape index (κ2) is 5.47. The molecule has 108 valence electrons. The standard InChI is InChI=1S/C17H24N2O/c1-3-15-9-6-7-11-18(15)17(20)19-13(2)12-14-8-4-5-10-16(14)19/h4-5,8,10,13,15H,3,6-7,9,11-12H2,1-2H3. The number of nitrogens with zero attached hydrogens (tertiary/aromatic N) is 2. The topological polar surface area (TPSA) is 23.6 Å². The van der Waals surface area contributed by atoms with E-state index in [-0.39, 0.29) is 12.1 Å². The molecule has 1 aromatic carbocycles. The molecule has 2 unspecified atom stereocenters. The lowest BCUT2D eigenvalue weighted by Gasteiger charge is -2.39. The van der Waals surface area contributed by atoms with E-state index in [1.807, 2.05) is 11.0 Å². The molecule has 0 spiro atoms. The predicted octanol–water partition coefficient (Wildman–Crippen LogP) is 3.82. The number of rotatable bonds is 1. The summed E-state index contributed by atoms with van der Waals surface area (Å²) >= 11 is 0. The van der Waals surface area contributed by atoms with Crippen LogP contribution in [0.5, 0.6) is 0 Å². The lowest BCUT2D eigenvalue weighted by atomic mass is 10.0. The molecule has 2 atom stereocenters. The summed E-state index contributed by atoms with van der Waals surface area (Å²) in [5, 5.41) is 0. The number of anilines is 1. The number of carbonyl (C=O) groups is 1. The molecule has 2 aliphatic rings. The smallest absolute Gasteiger partial charge is 0.321 e. The number of amides is 2. The highest BCUT2D eigenvalue weighted by atomic mass is 16.2. The quantitative estimate of drug-likeness (QED) is 0.762. The molecule has 1 saturated heterocycles. The molecule has 3 rings (SSSR count). The average Bonchev–Trinajstić information content (AvgIpc) is 2.82. The van der Waals surface area contributed by atoms with Gasteiger partial charge in [0.2, 0.25) is 0 Å². The Morgan fingerprint density at radius 2 is 2.10 bits per heavy atom. The van der Waals surface area contributed by atoms with Crippen LogP contribution in [0.1, 0.15) is 45.1 Å². The summed E-state index contributed by atoms with van der Waals surface area (Å²) in [6, 6.07) is 9.25. The van der Waals surface area contributed by atoms with Gasteiger partial charge >= 0.3 is 6.03 Å². The molecule has 0 N–H and O–H groups in total. The molecule has 20 heavy (non-hydrogen) atoms. The first-order valence-electron chi connectivity index (χ1n) is 7.90. The molecular formula is C17H24N2O. The third-order valence-electron chi connectivity index (χ3n) is 4.76. The fourth-order valence-corrected chi connectivity index (χ4v) is 3.67. The fraction of sp³-hybridized carbons (Fsp3) is 0.588. The van der Waals surface area contributed by atoms with Crippen molar-refractivity contribution in [3.05, 3.63) is 29.8 Å². The zero-order chi connectivity index (χ0) is 14.1. The Morgan fingerprint density at radius 1 is 1.30 bits per heavy atom. The minimum absolute atomic E-state index is 0.217. The third-order valence-corrected chi connectivity index (χ3v) is 4.76. The molecule has 0 bridgehead atoms. The van der Waals surface area contributed by atoms with Gasteiger partial charge in [-0.25, -0.2) is 4.79 Å². The maximum Gasteiger partial charge on any atom is 0.324 e. The van der Waals surface area contributed by atoms with Crippen molar-refractivity contribution in [2.24, 2.45) is 0 Å². The molecule has 0 aromatic heterocycles. The van der Waals surface area contributed by atoms with Crippen LogP contribution in [0.25, 0.3) is 0 Å². The summed E-state index contributed by atoms with van der Waals surface area (Å²) in [6.45, 7) is 5.27. The molecule has 0 saturated carbocycles. The van der Waals surface area contributed by atoms with Gasteiger partial charge in [-0.2, -0.15) is 0 Å². The number of hydrogen-bond acceptors (Lipinski definition) is 1. The van der Waals surface area contributed by atoms with Gasteiger partial charge in [-0.05, 0) is 50.7 Å². The number of urea groups is 1. The maximum absolute atomic E-state index is 13.0. The molecular weight excluding hydrogens is 248 g/mol. The number of fused-ring (bicyclic) bond motifs is 1. The second-order valence-electron chi connectivity index (χ2n) is 6.09. The Hall–Kier alpha value is -1.51. The minimum Gasteiger partial charge on any atom is -0.321 e. The molecule has 2 amide bonds. The number of likely N-dealkylation sites (tertiary alicyclic amines) is 1. The van der Waals surface area contributed by atoms with E-state index in [9.17, 15) is 4.79 Å². The van der Waals surface area contributed by atoms with Crippen LogP contribution >= 0.6 is 0 Å². The van der Waals surface area contributed by atoms with Crippen LogP contribution in [0.3, 0.4) is 0 Å². The Kier molecular flexibility index (Phi) is 3.68. The Bertz CT molecular complexity index is 500. The summed E-state index contributed by atoms with van der Waals surface area (Å²) in [5.74, 6) is 0. The van der Waals surface area contributed by atoms with E-state index >= 15 is 0 Å². The lowest BCUT2D eigenvalue weighted by molar-refractivity contribution is 0.153. The summed E-state index contributed by atoms with van der Waals surface area (Å²) in [4.78, 5) is 17.1. The first kappa shape index (κ1) is 13.5. The molecule has 0 radical (unpaired) electrons. The summed E-state index contributed by atoms with van der Waals surface area (Å²) in [6.07, 6.45) is 5.61. The molecule has 3 heteroatoms. The van der Waals surface area contributed by atoms with Gasteiger partial charge in [-0.15, -0.1) is 0 Å². The van der Waals surface area contributed by atoms with E-state index in [1.165, 1.54) is 12.0 Å². The SMILES string of the molecule is CCC1CCCCN1C(=O)N1c2ccccc2CC1C. The van der Waals surface area contributed by atoms with Crippen molar-refractivity contribution in [3.8, 4) is 0 Å². The Balaban J connectivity index is 1.86. The highest BCUT2D eigenvalue weighted by molar-refractivity contribution is 5.95. The Morgan fingerprint density at radius 3 is 2.90 bits per heavy atom. The van der Waals surface area contributed by atoms with Crippen molar-refractivity contribution in [3.63, 3.8) is 0 Å². The van der Waals surface area contributed by atoms with Gasteiger partial charge in [0.25, 0.3) is 0 Å². The molecule has 2 heterocycles. The van der Waals surface area contributed by atoms with E-state index in [0.717, 1.165) is 37.9 Å². The van der Waals surface area contributed by atoms with Crippen LogP contribution < -0.4 is 4.90 Å². The van der Waals surface area contributed by atoms with E-state index < -0.39 is 0 Å². The van der Waals surface area contributed by atoms with Gasteiger partial charge in [-0.1, -0.05) is 25.1 Å². The molecule has 1 fully saturated rings. The van der Waals surface area contributed by atoms with E-state index in [2.05, 4.69) is 36.9 Å². The van der Waals surface area contributed by atoms with Crippen LogP contribution in [0.4, 0.5) is 10.5 Å². The summed E-state index contributed by atoms with van der Waals surface area (Å²) < 4.78 is 0. The predicted molar refractivity (Wildman–Crippen MR) is 82.1 cm³/mol. The van der Waals surface area contributed by atoms with Gasteiger partial charge in [-0.3, -0.25) is 4.90 Å². The first-order valence-corrected chi connectivity index (χ1v) is 7.90. The van der Waals surface area contributed by atoms with Gasteiger partial charge in [0.15, 0.2) is 0 Å². The monoisotopic (exact) mass is 272 g/mol. The number of carbonyl (C=O) groups excluding carboxylic acids is 1. The summed E-state index contributed by atoms with van der Waals surface area (Å²) in [5.41, 5.74) is 2.42. The van der Waals surface area contributed by atoms with Crippen molar-refractivity contribution < 1.29 is 4.79 Å². The van der Waals surface area contributed by atoms with Crippen LogP contribution in [-0.4, -0.2) is 29.6 Å². The first-order chi connectivity index (χ1) is 9.72. The van der Waals surface area contributed by atoms with E-state index in [4.69, 9.17) is 0 Å². The van der Waals surface area contributed by atoms with Gasteiger partial charge in [0, 0.05) is 24.3 Å². The van der Waals surface area contributed by atoms with Crippen LogP contribution in [0.15, 0.2) is 24.3 Å². The molecule has 3 nitrogen and oxygen atoms in total. The zero-order valence-electron chi connectivity index (χ0n) is 12.5. The van der Waals surface area contributed by atoms with E-state index in [1.54, 1.807) is 0 Å². The van der Waals surface area contributed by atoms with Gasteiger partial charge in [0.1, 0.15) is 0 Å². The second-order valence-corrected chi connectivity index (χ2v) is 6.09. The highest BCUT2D eigenvalue weighted by Crippen LogP contribution is 2.34. The number of benzene rings is 1. The number of hydrogen-bond donors (Lipinski definition) is 0. The highest BCUT2D eigenvalue weighted by Gasteiger charge is 2.36. The third kappa shape index (κ3) is 2.19. The van der Waals surface area contributed by atoms with Gasteiger partial charge < -0.3 is 4.90 Å². The molecule has 1 aromatic rings. The van der Waals surface area contributed by atoms with Gasteiger partial charge in [0.05, 0.1) is 0 Å². The van der Waals surface area contributed by atoms with Crippen molar-refractivity contribution in [2.45, 2.75) is 58.0 Å². The van der Waals surface area contributed by atoms with E-state index in [0.29, 0.717) is 6.04 Å². The van der Waals surface area contributed by atoms with Crippen molar-refractivity contribution in [1.82, 2.24) is 4.90 Å². The van der Waals surface area contributed by atoms with Crippen LogP contribution in [-0.2, 0) is 6.42 Å². The van der Waals surface area contributed by atoms with Crippen molar-refractivity contribution in [1.29, 1.82) is 0 Å². The molecule has 0 aliphatic carbocycles. The largest absolute Gasteiger partial charge is 0.324 e. The average molecular weight is 272 g/mol. The zero-order valence-corrected chi connectivity index (χ0v) is 12.5.